The van der Waals surface area contributed by atoms with E-state index < -0.39 is 5.97 Å². The monoisotopic (exact) mass is 249 g/mol. The molecule has 0 amide bonds. The SMILES string of the molecule is Cc1nc(-c2ncccc2Cl)ncc1C(=O)O. The fourth-order valence-corrected chi connectivity index (χ4v) is 1.55. The first-order chi connectivity index (χ1) is 8.09. The second-order valence-corrected chi connectivity index (χ2v) is 3.74. The third-order valence-electron chi connectivity index (χ3n) is 2.18. The Morgan fingerprint density at radius 3 is 2.76 bits per heavy atom. The summed E-state index contributed by atoms with van der Waals surface area (Å²) in [5.41, 5.74) is 0.888. The lowest BCUT2D eigenvalue weighted by atomic mass is 10.2. The summed E-state index contributed by atoms with van der Waals surface area (Å²) in [6.07, 6.45) is 2.83. The van der Waals surface area contributed by atoms with Gasteiger partial charge in [0.15, 0.2) is 5.82 Å². The highest BCUT2D eigenvalue weighted by Crippen LogP contribution is 2.22. The predicted octanol–water partition coefficient (Wildman–Crippen LogP) is 2.20. The van der Waals surface area contributed by atoms with Gasteiger partial charge in [-0.05, 0) is 19.1 Å². The minimum Gasteiger partial charge on any atom is -0.478 e. The van der Waals surface area contributed by atoms with Crippen molar-refractivity contribution in [2.24, 2.45) is 0 Å². The van der Waals surface area contributed by atoms with Crippen LogP contribution in [0.2, 0.25) is 5.02 Å². The molecule has 0 spiro atoms. The van der Waals surface area contributed by atoms with Gasteiger partial charge in [-0.3, -0.25) is 4.98 Å². The quantitative estimate of drug-likeness (QED) is 0.883. The normalized spacial score (nSPS) is 10.2. The Labute approximate surface area is 102 Å². The Kier molecular flexibility index (Phi) is 3.01. The van der Waals surface area contributed by atoms with E-state index in [9.17, 15) is 4.79 Å². The van der Waals surface area contributed by atoms with Gasteiger partial charge < -0.3 is 5.11 Å². The maximum absolute atomic E-state index is 10.8. The molecular formula is C11H8ClN3O2. The number of carbonyl (C=O) groups is 1. The van der Waals surface area contributed by atoms with E-state index in [-0.39, 0.29) is 5.56 Å². The van der Waals surface area contributed by atoms with Gasteiger partial charge in [0.1, 0.15) is 5.69 Å². The molecule has 0 unspecified atom stereocenters. The number of hydrogen-bond donors (Lipinski definition) is 1. The van der Waals surface area contributed by atoms with Crippen molar-refractivity contribution in [3.8, 4) is 11.5 Å². The number of rotatable bonds is 2. The number of halogens is 1. The molecule has 0 aliphatic rings. The highest BCUT2D eigenvalue weighted by Gasteiger charge is 2.13. The van der Waals surface area contributed by atoms with Gasteiger partial charge in [-0.1, -0.05) is 11.6 Å². The maximum atomic E-state index is 10.8. The Morgan fingerprint density at radius 2 is 2.18 bits per heavy atom. The van der Waals surface area contributed by atoms with Crippen LogP contribution >= 0.6 is 11.6 Å². The van der Waals surface area contributed by atoms with Crippen LogP contribution in [0.3, 0.4) is 0 Å². The van der Waals surface area contributed by atoms with E-state index in [1.807, 2.05) is 0 Å². The summed E-state index contributed by atoms with van der Waals surface area (Å²) in [5.74, 6) is -0.737. The molecule has 0 saturated carbocycles. The Balaban J connectivity index is 2.52. The summed E-state index contributed by atoms with van der Waals surface area (Å²) >= 11 is 5.95. The lowest BCUT2D eigenvalue weighted by Crippen LogP contribution is -2.04. The van der Waals surface area contributed by atoms with Crippen LogP contribution in [-0.4, -0.2) is 26.0 Å². The summed E-state index contributed by atoms with van der Waals surface area (Å²) in [6.45, 7) is 1.60. The van der Waals surface area contributed by atoms with Crippen molar-refractivity contribution in [1.29, 1.82) is 0 Å². The van der Waals surface area contributed by atoms with Crippen LogP contribution in [0.15, 0.2) is 24.5 Å². The average molecular weight is 250 g/mol. The van der Waals surface area contributed by atoms with Crippen molar-refractivity contribution in [1.82, 2.24) is 15.0 Å². The van der Waals surface area contributed by atoms with E-state index in [1.165, 1.54) is 6.20 Å². The van der Waals surface area contributed by atoms with Crippen molar-refractivity contribution in [3.63, 3.8) is 0 Å². The van der Waals surface area contributed by atoms with Gasteiger partial charge in [-0.15, -0.1) is 0 Å². The Hall–Kier alpha value is -2.01. The van der Waals surface area contributed by atoms with Crippen LogP contribution in [0.4, 0.5) is 0 Å². The lowest BCUT2D eigenvalue weighted by Gasteiger charge is -2.04. The number of aryl methyl sites for hydroxylation is 1. The molecule has 0 aliphatic carbocycles. The molecule has 2 heterocycles. The van der Waals surface area contributed by atoms with E-state index in [1.54, 1.807) is 25.3 Å². The van der Waals surface area contributed by atoms with Crippen LogP contribution in [0.5, 0.6) is 0 Å². The van der Waals surface area contributed by atoms with E-state index in [2.05, 4.69) is 15.0 Å². The molecule has 5 nitrogen and oxygen atoms in total. The number of hydrogen-bond acceptors (Lipinski definition) is 4. The number of carboxylic acids is 1. The number of carboxylic acid groups (broad SMARTS) is 1. The summed E-state index contributed by atoms with van der Waals surface area (Å²) < 4.78 is 0. The smallest absolute Gasteiger partial charge is 0.339 e. The molecule has 0 aromatic carbocycles. The zero-order chi connectivity index (χ0) is 12.4. The standard InChI is InChI=1S/C11H8ClN3O2/c1-6-7(11(16)17)5-14-10(15-6)9-8(12)3-2-4-13-9/h2-5H,1H3,(H,16,17). The molecule has 0 fully saturated rings. The van der Waals surface area contributed by atoms with E-state index >= 15 is 0 Å². The molecule has 0 radical (unpaired) electrons. The fourth-order valence-electron chi connectivity index (χ4n) is 1.34. The first-order valence-corrected chi connectivity index (χ1v) is 5.15. The minimum absolute atomic E-state index is 0.0702. The molecule has 2 aromatic rings. The first-order valence-electron chi connectivity index (χ1n) is 4.77. The topological polar surface area (TPSA) is 76.0 Å². The van der Waals surface area contributed by atoms with Gasteiger partial charge in [0, 0.05) is 12.4 Å². The van der Waals surface area contributed by atoms with Gasteiger partial charge >= 0.3 is 5.97 Å². The van der Waals surface area contributed by atoms with E-state index in [4.69, 9.17) is 16.7 Å². The predicted molar refractivity (Wildman–Crippen MR) is 62.0 cm³/mol. The Bertz CT molecular complexity index is 587. The fraction of sp³-hybridized carbons (Fsp3) is 0.0909. The molecule has 0 bridgehead atoms. The second kappa shape index (κ2) is 4.47. The van der Waals surface area contributed by atoms with Crippen LogP contribution in [0.25, 0.3) is 11.5 Å². The first kappa shape index (κ1) is 11.5. The summed E-state index contributed by atoms with van der Waals surface area (Å²) in [4.78, 5) is 22.9. The molecule has 6 heteroatoms. The average Bonchev–Trinajstić information content (AvgIpc) is 2.29. The van der Waals surface area contributed by atoms with Gasteiger partial charge in [-0.2, -0.15) is 0 Å². The van der Waals surface area contributed by atoms with Crippen molar-refractivity contribution in [2.45, 2.75) is 6.92 Å². The van der Waals surface area contributed by atoms with Crippen LogP contribution in [-0.2, 0) is 0 Å². The van der Waals surface area contributed by atoms with Crippen LogP contribution in [0.1, 0.15) is 16.1 Å². The number of nitrogens with zero attached hydrogens (tertiary/aromatic N) is 3. The van der Waals surface area contributed by atoms with Gasteiger partial charge in [0.05, 0.1) is 16.3 Å². The third-order valence-corrected chi connectivity index (χ3v) is 2.49. The van der Waals surface area contributed by atoms with Gasteiger partial charge in [0.25, 0.3) is 0 Å². The second-order valence-electron chi connectivity index (χ2n) is 3.33. The molecule has 0 aliphatic heterocycles. The summed E-state index contributed by atoms with van der Waals surface area (Å²) in [5, 5.41) is 9.29. The van der Waals surface area contributed by atoms with Gasteiger partial charge in [0.2, 0.25) is 0 Å². The molecule has 86 valence electrons. The molecule has 1 N–H and O–H groups in total. The van der Waals surface area contributed by atoms with Gasteiger partial charge in [-0.25, -0.2) is 14.8 Å². The molecule has 0 atom stereocenters. The highest BCUT2D eigenvalue weighted by atomic mass is 35.5. The molecule has 17 heavy (non-hydrogen) atoms. The van der Waals surface area contributed by atoms with Crippen LogP contribution < -0.4 is 0 Å². The minimum atomic E-state index is -1.05. The summed E-state index contributed by atoms with van der Waals surface area (Å²) in [6, 6.07) is 3.37. The van der Waals surface area contributed by atoms with E-state index in [0.717, 1.165) is 0 Å². The number of aromatic carboxylic acids is 1. The number of aromatic nitrogens is 3. The summed E-state index contributed by atoms with van der Waals surface area (Å²) in [7, 11) is 0. The molecule has 0 saturated heterocycles. The maximum Gasteiger partial charge on any atom is 0.339 e. The number of pyridine rings is 1. The van der Waals surface area contributed by atoms with Crippen molar-refractivity contribution in [3.05, 3.63) is 40.8 Å². The van der Waals surface area contributed by atoms with Crippen LogP contribution in [0, 0.1) is 6.92 Å². The Morgan fingerprint density at radius 1 is 1.41 bits per heavy atom. The molecular weight excluding hydrogens is 242 g/mol. The molecule has 2 rings (SSSR count). The zero-order valence-electron chi connectivity index (χ0n) is 8.88. The zero-order valence-corrected chi connectivity index (χ0v) is 9.64. The third kappa shape index (κ3) is 2.24. The highest BCUT2D eigenvalue weighted by molar-refractivity contribution is 6.32. The van der Waals surface area contributed by atoms with Crippen molar-refractivity contribution >= 4 is 17.6 Å². The van der Waals surface area contributed by atoms with Crippen molar-refractivity contribution in [2.75, 3.05) is 0 Å². The van der Waals surface area contributed by atoms with E-state index in [0.29, 0.717) is 22.2 Å². The largest absolute Gasteiger partial charge is 0.478 e. The molecule has 2 aromatic heterocycles. The van der Waals surface area contributed by atoms with Crippen molar-refractivity contribution < 1.29 is 9.90 Å². The lowest BCUT2D eigenvalue weighted by molar-refractivity contribution is 0.0695.